The molecule has 0 radical (unpaired) electrons. The van der Waals surface area contributed by atoms with Crippen LogP contribution < -0.4 is 5.32 Å². The molecule has 10 heteroatoms. The van der Waals surface area contributed by atoms with Gasteiger partial charge < -0.3 is 9.88 Å². The smallest absolute Gasteiger partial charge is 0.243 e. The van der Waals surface area contributed by atoms with Crippen LogP contribution in [0.15, 0.2) is 34.3 Å². The molecule has 0 aliphatic carbocycles. The Morgan fingerprint density at radius 3 is 2.50 bits per heavy atom. The zero-order valence-electron chi connectivity index (χ0n) is 16.1. The average molecular weight is 424 g/mol. The van der Waals surface area contributed by atoms with Gasteiger partial charge in [0.25, 0.3) is 0 Å². The zero-order chi connectivity index (χ0) is 20.1. The minimum atomic E-state index is -3.43. The van der Waals surface area contributed by atoms with Crippen molar-refractivity contribution in [2.24, 2.45) is 7.05 Å². The molecular formula is C18H25N5O3S2. The van der Waals surface area contributed by atoms with Gasteiger partial charge in [-0.2, -0.15) is 4.31 Å². The molecule has 28 heavy (non-hydrogen) atoms. The fourth-order valence-electron chi connectivity index (χ4n) is 2.99. The van der Waals surface area contributed by atoms with Crippen molar-refractivity contribution in [3.63, 3.8) is 0 Å². The lowest BCUT2D eigenvalue weighted by Crippen LogP contribution is -2.27. The number of amides is 1. The summed E-state index contributed by atoms with van der Waals surface area (Å²) in [5, 5.41) is 11.8. The van der Waals surface area contributed by atoms with Gasteiger partial charge in [-0.25, -0.2) is 8.42 Å². The highest BCUT2D eigenvalue weighted by atomic mass is 32.2. The first-order valence-corrected chi connectivity index (χ1v) is 11.8. The first-order chi connectivity index (χ1) is 13.4. The van der Waals surface area contributed by atoms with Gasteiger partial charge in [0, 0.05) is 32.2 Å². The number of aromatic nitrogens is 3. The van der Waals surface area contributed by atoms with E-state index in [2.05, 4.69) is 15.5 Å². The molecule has 0 unspecified atom stereocenters. The molecule has 0 atom stereocenters. The highest BCUT2D eigenvalue weighted by Gasteiger charge is 2.27. The quantitative estimate of drug-likeness (QED) is 0.651. The molecule has 1 amide bonds. The van der Waals surface area contributed by atoms with E-state index in [1.165, 1.54) is 16.1 Å². The molecule has 152 valence electrons. The molecular weight excluding hydrogens is 398 g/mol. The van der Waals surface area contributed by atoms with E-state index in [4.69, 9.17) is 0 Å². The topological polar surface area (TPSA) is 97.2 Å². The molecule has 1 aliphatic rings. The second kappa shape index (κ2) is 9.06. The van der Waals surface area contributed by atoms with E-state index in [0.717, 1.165) is 24.8 Å². The van der Waals surface area contributed by atoms with Crippen LogP contribution in [0.2, 0.25) is 0 Å². The highest BCUT2D eigenvalue weighted by molar-refractivity contribution is 7.99. The maximum Gasteiger partial charge on any atom is 0.243 e. The van der Waals surface area contributed by atoms with Crippen molar-refractivity contribution in [2.45, 2.75) is 36.2 Å². The van der Waals surface area contributed by atoms with Crippen LogP contribution in [0.25, 0.3) is 11.4 Å². The fraction of sp³-hybridized carbons (Fsp3) is 0.500. The van der Waals surface area contributed by atoms with Crippen molar-refractivity contribution in [1.29, 1.82) is 0 Å². The number of thioether (sulfide) groups is 1. The maximum absolute atomic E-state index is 12.6. The summed E-state index contributed by atoms with van der Waals surface area (Å²) in [6, 6.07) is 6.72. The Hall–Kier alpha value is -1.91. The van der Waals surface area contributed by atoms with Gasteiger partial charge in [-0.15, -0.1) is 10.2 Å². The van der Waals surface area contributed by atoms with E-state index < -0.39 is 10.0 Å². The van der Waals surface area contributed by atoms with Crippen LogP contribution in [-0.4, -0.2) is 58.8 Å². The molecule has 0 bridgehead atoms. The van der Waals surface area contributed by atoms with E-state index in [0.29, 0.717) is 35.5 Å². The summed E-state index contributed by atoms with van der Waals surface area (Å²) in [7, 11) is -1.60. The SMILES string of the molecule is CCCNC(=O)CSc1nnc(-c2ccc(S(=O)(=O)N3CCCC3)cc2)n1C. The van der Waals surface area contributed by atoms with Crippen molar-refractivity contribution in [2.75, 3.05) is 25.4 Å². The van der Waals surface area contributed by atoms with Crippen molar-refractivity contribution < 1.29 is 13.2 Å². The van der Waals surface area contributed by atoms with E-state index in [1.54, 1.807) is 24.3 Å². The normalized spacial score (nSPS) is 15.1. The van der Waals surface area contributed by atoms with E-state index in [1.807, 2.05) is 18.5 Å². The van der Waals surface area contributed by atoms with Crippen LogP contribution in [-0.2, 0) is 21.9 Å². The Labute approximate surface area is 169 Å². The minimum Gasteiger partial charge on any atom is -0.355 e. The summed E-state index contributed by atoms with van der Waals surface area (Å²) < 4.78 is 28.6. The maximum atomic E-state index is 12.6. The molecule has 0 spiro atoms. The number of rotatable bonds is 8. The van der Waals surface area contributed by atoms with Crippen LogP contribution in [0.4, 0.5) is 0 Å². The third kappa shape index (κ3) is 4.56. The number of hydrogen-bond donors (Lipinski definition) is 1. The summed E-state index contributed by atoms with van der Waals surface area (Å²) in [6.07, 6.45) is 2.72. The molecule has 1 fully saturated rings. The number of nitrogens with one attached hydrogen (secondary N) is 1. The van der Waals surface area contributed by atoms with E-state index in [9.17, 15) is 13.2 Å². The number of carbonyl (C=O) groups is 1. The minimum absolute atomic E-state index is 0.0344. The van der Waals surface area contributed by atoms with Gasteiger partial charge in [-0.3, -0.25) is 4.79 Å². The molecule has 2 heterocycles. The van der Waals surface area contributed by atoms with Crippen LogP contribution >= 0.6 is 11.8 Å². The molecule has 1 N–H and O–H groups in total. The van der Waals surface area contributed by atoms with Crippen molar-refractivity contribution in [1.82, 2.24) is 24.4 Å². The van der Waals surface area contributed by atoms with Gasteiger partial charge in [0.15, 0.2) is 11.0 Å². The number of benzene rings is 1. The lowest BCUT2D eigenvalue weighted by atomic mass is 10.2. The Kier molecular flexibility index (Phi) is 6.73. The molecule has 1 aromatic heterocycles. The monoisotopic (exact) mass is 423 g/mol. The summed E-state index contributed by atoms with van der Waals surface area (Å²) in [5.41, 5.74) is 0.776. The predicted molar refractivity (Wildman–Crippen MR) is 108 cm³/mol. The lowest BCUT2D eigenvalue weighted by molar-refractivity contribution is -0.118. The Balaban J connectivity index is 1.70. The van der Waals surface area contributed by atoms with Gasteiger partial charge >= 0.3 is 0 Å². The molecule has 0 saturated carbocycles. The fourth-order valence-corrected chi connectivity index (χ4v) is 5.25. The summed E-state index contributed by atoms with van der Waals surface area (Å²) in [6.45, 7) is 3.83. The van der Waals surface area contributed by atoms with Gasteiger partial charge in [-0.1, -0.05) is 18.7 Å². The van der Waals surface area contributed by atoms with Gasteiger partial charge in [0.05, 0.1) is 10.6 Å². The molecule has 3 rings (SSSR count). The summed E-state index contributed by atoms with van der Waals surface area (Å²) >= 11 is 1.32. The van der Waals surface area contributed by atoms with Gasteiger partial charge in [-0.05, 0) is 43.5 Å². The van der Waals surface area contributed by atoms with Crippen molar-refractivity contribution in [3.8, 4) is 11.4 Å². The van der Waals surface area contributed by atoms with Crippen LogP contribution in [0.5, 0.6) is 0 Å². The lowest BCUT2D eigenvalue weighted by Gasteiger charge is -2.15. The average Bonchev–Trinajstić information content (AvgIpc) is 3.35. The number of nitrogens with zero attached hydrogens (tertiary/aromatic N) is 4. The Morgan fingerprint density at radius 2 is 1.86 bits per heavy atom. The highest BCUT2D eigenvalue weighted by Crippen LogP contribution is 2.26. The first kappa shape index (κ1) is 20.8. The van der Waals surface area contributed by atoms with Gasteiger partial charge in [0.2, 0.25) is 15.9 Å². The third-order valence-electron chi connectivity index (χ3n) is 4.55. The third-order valence-corrected chi connectivity index (χ3v) is 7.49. The molecule has 2 aromatic rings. The zero-order valence-corrected chi connectivity index (χ0v) is 17.7. The van der Waals surface area contributed by atoms with Crippen molar-refractivity contribution >= 4 is 27.7 Å². The van der Waals surface area contributed by atoms with Crippen LogP contribution in [0.3, 0.4) is 0 Å². The molecule has 8 nitrogen and oxygen atoms in total. The van der Waals surface area contributed by atoms with Gasteiger partial charge in [0.1, 0.15) is 0 Å². The Bertz CT molecular complexity index is 919. The predicted octanol–water partition coefficient (Wildman–Crippen LogP) is 1.88. The Morgan fingerprint density at radius 1 is 1.18 bits per heavy atom. The van der Waals surface area contributed by atoms with Crippen molar-refractivity contribution in [3.05, 3.63) is 24.3 Å². The summed E-state index contributed by atoms with van der Waals surface area (Å²) in [4.78, 5) is 12.0. The number of sulfonamides is 1. The first-order valence-electron chi connectivity index (χ1n) is 9.33. The number of carbonyl (C=O) groups excluding carboxylic acids is 1. The standard InChI is InChI=1S/C18H25N5O3S2/c1-3-10-19-16(24)13-27-18-21-20-17(22(18)2)14-6-8-15(9-7-14)28(25,26)23-11-4-5-12-23/h6-9H,3-5,10-13H2,1-2H3,(H,19,24). The second-order valence-electron chi connectivity index (χ2n) is 6.64. The molecule has 1 aliphatic heterocycles. The largest absolute Gasteiger partial charge is 0.355 e. The summed E-state index contributed by atoms with van der Waals surface area (Å²) in [5.74, 6) is 0.869. The van der Waals surface area contributed by atoms with Crippen LogP contribution in [0, 0.1) is 0 Å². The molecule has 1 aromatic carbocycles. The second-order valence-corrected chi connectivity index (χ2v) is 9.52. The molecule has 1 saturated heterocycles. The van der Waals surface area contributed by atoms with E-state index in [-0.39, 0.29) is 11.7 Å². The van der Waals surface area contributed by atoms with Crippen LogP contribution in [0.1, 0.15) is 26.2 Å². The van der Waals surface area contributed by atoms with E-state index >= 15 is 0 Å². The number of hydrogen-bond acceptors (Lipinski definition) is 6.